The number of nitrogens with one attached hydrogen (secondary N) is 3. The molecule has 0 saturated carbocycles. The van der Waals surface area contributed by atoms with Crippen LogP contribution in [0.4, 0.5) is 5.69 Å². The molecule has 22 heavy (non-hydrogen) atoms. The monoisotopic (exact) mass is 303 g/mol. The van der Waals surface area contributed by atoms with Crippen LogP contribution in [0.15, 0.2) is 42.5 Å². The lowest BCUT2D eigenvalue weighted by molar-refractivity contribution is -0.142. The number of hydrogen-bond acceptors (Lipinski definition) is 4. The van der Waals surface area contributed by atoms with Crippen LogP contribution in [-0.4, -0.2) is 35.9 Å². The van der Waals surface area contributed by atoms with Crippen molar-refractivity contribution in [3.05, 3.63) is 42.5 Å². The van der Waals surface area contributed by atoms with E-state index >= 15 is 0 Å². The van der Waals surface area contributed by atoms with Crippen LogP contribution in [0.2, 0.25) is 0 Å². The van der Waals surface area contributed by atoms with Gasteiger partial charge in [0, 0.05) is 25.0 Å². The number of rotatable bonds is 11. The van der Waals surface area contributed by atoms with Gasteiger partial charge in [-0.2, -0.15) is 0 Å². The fourth-order valence-corrected chi connectivity index (χ4v) is 2.21. The quantitative estimate of drug-likeness (QED) is 0.288. The van der Waals surface area contributed by atoms with Gasteiger partial charge >= 0.3 is 5.97 Å². The Balaban J connectivity index is 2.60. The third-order valence-corrected chi connectivity index (χ3v) is 3.58. The summed E-state index contributed by atoms with van der Waals surface area (Å²) in [6.07, 6.45) is 6.98. The average Bonchev–Trinajstić information content (AvgIpc) is 2.53. The van der Waals surface area contributed by atoms with Gasteiger partial charge in [0.05, 0.1) is 0 Å². The molecule has 0 aromatic heterocycles. The zero-order valence-corrected chi connectivity index (χ0v) is 13.0. The van der Waals surface area contributed by atoms with Gasteiger partial charge in [0.2, 0.25) is 0 Å². The number of benzene rings is 1. The minimum atomic E-state index is -0.950. The van der Waals surface area contributed by atoms with E-state index in [1.807, 2.05) is 49.4 Å². The fourth-order valence-electron chi connectivity index (χ4n) is 2.21. The summed E-state index contributed by atoms with van der Waals surface area (Å²) in [5, 5.41) is 22.8. The molecule has 0 aliphatic heterocycles. The van der Waals surface area contributed by atoms with Crippen molar-refractivity contribution in [3.63, 3.8) is 0 Å². The number of carbonyl (C=O) groups is 1. The fraction of sp³-hybridized carbons (Fsp3) is 0.412. The second-order valence-electron chi connectivity index (χ2n) is 5.10. The van der Waals surface area contributed by atoms with E-state index in [0.29, 0.717) is 32.4 Å². The lowest BCUT2D eigenvalue weighted by Gasteiger charge is -2.30. The smallest absolute Gasteiger partial charge is 0.329 e. The lowest BCUT2D eigenvalue weighted by Crippen LogP contribution is -2.45. The van der Waals surface area contributed by atoms with Crippen LogP contribution in [0, 0.1) is 5.41 Å². The molecular weight excluding hydrogens is 278 g/mol. The van der Waals surface area contributed by atoms with Crippen LogP contribution in [0.1, 0.15) is 26.2 Å². The van der Waals surface area contributed by atoms with E-state index in [0.717, 1.165) is 5.69 Å². The highest BCUT2D eigenvalue weighted by molar-refractivity contribution is 5.82. The molecule has 0 bridgehead atoms. The number of para-hydroxylation sites is 1. The Morgan fingerprint density at radius 2 is 2.00 bits per heavy atom. The summed E-state index contributed by atoms with van der Waals surface area (Å²) in [6.45, 7) is 3.13. The maximum atomic E-state index is 11.7. The first-order valence-electron chi connectivity index (χ1n) is 7.56. The normalized spacial score (nSPS) is 13.7. The Hall–Kier alpha value is -2.14. The maximum Gasteiger partial charge on any atom is 0.329 e. The van der Waals surface area contributed by atoms with Gasteiger partial charge in [0.25, 0.3) is 0 Å². The predicted molar refractivity (Wildman–Crippen MR) is 90.7 cm³/mol. The van der Waals surface area contributed by atoms with Gasteiger partial charge in [-0.3, -0.25) is 0 Å². The minimum Gasteiger partial charge on any atom is -0.480 e. The summed E-state index contributed by atoms with van der Waals surface area (Å²) in [5.41, 5.74) is -0.128. The first kappa shape index (κ1) is 17.9. The van der Waals surface area contributed by atoms with Crippen molar-refractivity contribution in [2.75, 3.05) is 18.4 Å². The predicted octanol–water partition coefficient (Wildman–Crippen LogP) is 2.91. The maximum absolute atomic E-state index is 11.7. The Morgan fingerprint density at radius 1 is 1.27 bits per heavy atom. The molecule has 0 radical (unpaired) electrons. The molecule has 120 valence electrons. The van der Waals surface area contributed by atoms with Crippen LogP contribution in [0.25, 0.3) is 0 Å². The van der Waals surface area contributed by atoms with Gasteiger partial charge < -0.3 is 21.1 Å². The van der Waals surface area contributed by atoms with Gasteiger partial charge in [-0.05, 0) is 31.4 Å². The number of allylic oxidation sites excluding steroid dienone is 1. The van der Waals surface area contributed by atoms with Gasteiger partial charge in [0.15, 0.2) is 0 Å². The summed E-state index contributed by atoms with van der Waals surface area (Å²) in [4.78, 5) is 11.7. The first-order valence-corrected chi connectivity index (χ1v) is 7.56. The summed E-state index contributed by atoms with van der Waals surface area (Å²) < 4.78 is 0. The zero-order valence-electron chi connectivity index (χ0n) is 13.0. The van der Waals surface area contributed by atoms with E-state index in [4.69, 9.17) is 5.41 Å². The molecule has 0 heterocycles. The highest BCUT2D eigenvalue weighted by Gasteiger charge is 2.35. The lowest BCUT2D eigenvalue weighted by atomic mass is 9.89. The second-order valence-corrected chi connectivity index (χ2v) is 5.10. The Labute approximate surface area is 131 Å². The Morgan fingerprint density at radius 3 is 2.59 bits per heavy atom. The van der Waals surface area contributed by atoms with E-state index in [-0.39, 0.29) is 0 Å². The summed E-state index contributed by atoms with van der Waals surface area (Å²) >= 11 is 0. The van der Waals surface area contributed by atoms with Crippen molar-refractivity contribution in [2.24, 2.45) is 0 Å². The van der Waals surface area contributed by atoms with Crippen LogP contribution >= 0.6 is 0 Å². The largest absolute Gasteiger partial charge is 0.480 e. The molecule has 5 heteroatoms. The van der Waals surface area contributed by atoms with Crippen molar-refractivity contribution in [1.29, 1.82) is 5.41 Å². The Bertz CT molecular complexity index is 488. The molecule has 0 aliphatic rings. The number of anilines is 1. The minimum absolute atomic E-state index is 0.511. The summed E-state index contributed by atoms with van der Waals surface area (Å²) in [6, 6.07) is 9.44. The third kappa shape index (κ3) is 5.69. The molecule has 0 saturated heterocycles. The SMILES string of the molecule is CC[C@@](CC/C=C\CNCC=N)(Nc1ccccc1)C(=O)O. The van der Waals surface area contributed by atoms with E-state index in [1.165, 1.54) is 6.21 Å². The molecule has 0 unspecified atom stereocenters. The van der Waals surface area contributed by atoms with Crippen molar-refractivity contribution in [3.8, 4) is 0 Å². The van der Waals surface area contributed by atoms with Gasteiger partial charge in [-0.15, -0.1) is 0 Å². The van der Waals surface area contributed by atoms with Crippen molar-refractivity contribution >= 4 is 17.9 Å². The number of hydrogen-bond donors (Lipinski definition) is 4. The molecule has 1 aromatic rings. The molecule has 0 aliphatic carbocycles. The Kier molecular flexibility index (Phi) is 7.92. The van der Waals surface area contributed by atoms with Crippen LogP contribution in [-0.2, 0) is 4.79 Å². The standard InChI is InChI=1S/C17H25N3O2/c1-2-17(16(21)22,20-15-9-5-3-6-10-15)11-7-4-8-13-19-14-12-18/h3-6,8-10,12,18-20H,2,7,11,13-14H2,1H3,(H,21,22)/b8-4-,18-12?/t17-/m0/s1. The highest BCUT2D eigenvalue weighted by atomic mass is 16.4. The number of aliphatic carboxylic acids is 1. The van der Waals surface area contributed by atoms with E-state index in [1.54, 1.807) is 0 Å². The van der Waals surface area contributed by atoms with Gasteiger partial charge in [-0.25, -0.2) is 4.79 Å². The zero-order chi connectivity index (χ0) is 16.3. The third-order valence-electron chi connectivity index (χ3n) is 3.58. The number of carboxylic acids is 1. The van der Waals surface area contributed by atoms with Crippen molar-refractivity contribution in [1.82, 2.24) is 5.32 Å². The molecule has 5 nitrogen and oxygen atoms in total. The summed E-state index contributed by atoms with van der Waals surface area (Å²) in [5.74, 6) is -0.825. The molecule has 0 spiro atoms. The average molecular weight is 303 g/mol. The van der Waals surface area contributed by atoms with Crippen LogP contribution in [0.3, 0.4) is 0 Å². The molecular formula is C17H25N3O2. The summed E-state index contributed by atoms with van der Waals surface area (Å²) in [7, 11) is 0. The van der Waals surface area contributed by atoms with E-state index in [9.17, 15) is 9.90 Å². The van der Waals surface area contributed by atoms with Crippen LogP contribution < -0.4 is 10.6 Å². The van der Waals surface area contributed by atoms with E-state index < -0.39 is 11.5 Å². The van der Waals surface area contributed by atoms with Gasteiger partial charge in [-0.1, -0.05) is 37.3 Å². The second kappa shape index (κ2) is 9.73. The molecule has 4 N–H and O–H groups in total. The molecule has 0 amide bonds. The van der Waals surface area contributed by atoms with Crippen molar-refractivity contribution in [2.45, 2.75) is 31.7 Å². The molecule has 1 rings (SSSR count). The van der Waals surface area contributed by atoms with Gasteiger partial charge in [0.1, 0.15) is 5.54 Å². The molecule has 1 aromatic carbocycles. The highest BCUT2D eigenvalue weighted by Crippen LogP contribution is 2.24. The van der Waals surface area contributed by atoms with Crippen LogP contribution in [0.5, 0.6) is 0 Å². The number of carboxylic acid groups (broad SMARTS) is 1. The molecule has 0 fully saturated rings. The van der Waals surface area contributed by atoms with Crippen molar-refractivity contribution < 1.29 is 9.90 Å². The molecule has 1 atom stereocenters. The first-order chi connectivity index (χ1) is 10.6. The topological polar surface area (TPSA) is 85.2 Å². The van der Waals surface area contributed by atoms with E-state index in [2.05, 4.69) is 10.6 Å².